The molecule has 0 atom stereocenters. The molecule has 0 saturated carbocycles. The van der Waals surface area contributed by atoms with E-state index in [0.717, 1.165) is 17.9 Å². The molecule has 1 aromatic carbocycles. The average Bonchev–Trinajstić information content (AvgIpc) is 2.14. The van der Waals surface area contributed by atoms with E-state index in [0.29, 0.717) is 0 Å². The SMILES string of the molecule is CC1(C)CC(C)(C)OC(c2ccccc2)=N1. The van der Waals surface area contributed by atoms with Gasteiger partial charge in [0.2, 0.25) is 5.90 Å². The number of nitrogens with zero attached hydrogens (tertiary/aromatic N) is 1. The van der Waals surface area contributed by atoms with E-state index in [2.05, 4.69) is 32.7 Å². The third-order valence-corrected chi connectivity index (χ3v) is 2.66. The number of aliphatic imine (C=N–C) groups is 1. The average molecular weight is 217 g/mol. The van der Waals surface area contributed by atoms with Crippen LogP contribution in [0.25, 0.3) is 0 Å². The minimum atomic E-state index is -0.142. The number of ether oxygens (including phenoxy) is 1. The fourth-order valence-corrected chi connectivity index (χ4v) is 2.38. The van der Waals surface area contributed by atoms with Crippen molar-refractivity contribution < 1.29 is 4.74 Å². The largest absolute Gasteiger partial charge is 0.471 e. The molecule has 0 saturated heterocycles. The molecular weight excluding hydrogens is 198 g/mol. The van der Waals surface area contributed by atoms with Gasteiger partial charge in [0.1, 0.15) is 5.60 Å². The Bertz CT molecular complexity index is 404. The van der Waals surface area contributed by atoms with E-state index in [1.54, 1.807) is 0 Å². The summed E-state index contributed by atoms with van der Waals surface area (Å²) < 4.78 is 5.95. The van der Waals surface area contributed by atoms with Crippen LogP contribution >= 0.6 is 0 Å². The Morgan fingerprint density at radius 1 is 1.06 bits per heavy atom. The molecule has 2 heteroatoms. The molecule has 1 aliphatic rings. The summed E-state index contributed by atoms with van der Waals surface area (Å²) in [5, 5.41) is 0. The summed E-state index contributed by atoms with van der Waals surface area (Å²) in [4.78, 5) is 4.67. The van der Waals surface area contributed by atoms with E-state index in [1.807, 2.05) is 30.3 Å². The molecule has 0 N–H and O–H groups in total. The Kier molecular flexibility index (Phi) is 2.53. The van der Waals surface area contributed by atoms with Gasteiger partial charge in [-0.1, -0.05) is 18.2 Å². The van der Waals surface area contributed by atoms with Crippen molar-refractivity contribution in [2.75, 3.05) is 0 Å². The molecule has 0 fully saturated rings. The summed E-state index contributed by atoms with van der Waals surface area (Å²) in [6.07, 6.45) is 0.941. The third kappa shape index (κ3) is 2.43. The van der Waals surface area contributed by atoms with Gasteiger partial charge < -0.3 is 4.74 Å². The molecule has 2 rings (SSSR count). The lowest BCUT2D eigenvalue weighted by molar-refractivity contribution is 0.0473. The molecule has 86 valence electrons. The summed E-state index contributed by atoms with van der Waals surface area (Å²) in [5.41, 5.74) is 0.868. The number of rotatable bonds is 1. The molecule has 0 bridgehead atoms. The number of benzene rings is 1. The van der Waals surface area contributed by atoms with Crippen LogP contribution in [0.1, 0.15) is 39.7 Å². The van der Waals surface area contributed by atoms with Gasteiger partial charge in [0.15, 0.2) is 0 Å². The Morgan fingerprint density at radius 2 is 1.69 bits per heavy atom. The van der Waals surface area contributed by atoms with Gasteiger partial charge in [0, 0.05) is 12.0 Å². The minimum Gasteiger partial charge on any atom is -0.471 e. The van der Waals surface area contributed by atoms with Gasteiger partial charge in [-0.15, -0.1) is 0 Å². The second-order valence-electron chi connectivity index (χ2n) is 5.63. The normalized spacial score (nSPS) is 22.1. The van der Waals surface area contributed by atoms with Crippen molar-refractivity contribution in [3.63, 3.8) is 0 Å². The lowest BCUT2D eigenvalue weighted by Gasteiger charge is -2.38. The van der Waals surface area contributed by atoms with Gasteiger partial charge in [-0.2, -0.15) is 0 Å². The highest BCUT2D eigenvalue weighted by Crippen LogP contribution is 2.32. The van der Waals surface area contributed by atoms with Crippen LogP contribution in [-0.2, 0) is 4.74 Å². The maximum atomic E-state index is 5.95. The molecule has 0 amide bonds. The van der Waals surface area contributed by atoms with Crippen LogP contribution < -0.4 is 0 Å². The molecule has 0 aliphatic carbocycles. The van der Waals surface area contributed by atoms with Gasteiger partial charge in [0.05, 0.1) is 5.54 Å². The van der Waals surface area contributed by atoms with Crippen molar-refractivity contribution >= 4 is 5.90 Å². The fraction of sp³-hybridized carbons (Fsp3) is 0.500. The molecule has 1 aliphatic heterocycles. The van der Waals surface area contributed by atoms with Crippen LogP contribution in [0.4, 0.5) is 0 Å². The summed E-state index contributed by atoms with van der Waals surface area (Å²) in [6, 6.07) is 10.1. The van der Waals surface area contributed by atoms with Crippen LogP contribution in [0.15, 0.2) is 35.3 Å². The molecule has 1 aromatic rings. The first-order valence-electron chi connectivity index (χ1n) is 5.72. The smallest absolute Gasteiger partial charge is 0.217 e. The highest BCUT2D eigenvalue weighted by atomic mass is 16.5. The topological polar surface area (TPSA) is 21.6 Å². The van der Waals surface area contributed by atoms with Gasteiger partial charge in [0.25, 0.3) is 0 Å². The Balaban J connectivity index is 2.38. The molecule has 0 unspecified atom stereocenters. The van der Waals surface area contributed by atoms with Crippen molar-refractivity contribution in [1.29, 1.82) is 0 Å². The Labute approximate surface area is 97.4 Å². The van der Waals surface area contributed by atoms with E-state index in [1.165, 1.54) is 0 Å². The molecule has 0 aromatic heterocycles. The fourth-order valence-electron chi connectivity index (χ4n) is 2.38. The summed E-state index contributed by atoms with van der Waals surface area (Å²) in [6.45, 7) is 8.54. The lowest BCUT2D eigenvalue weighted by atomic mass is 9.88. The van der Waals surface area contributed by atoms with E-state index in [-0.39, 0.29) is 11.1 Å². The maximum Gasteiger partial charge on any atom is 0.217 e. The van der Waals surface area contributed by atoms with Crippen LogP contribution in [0.5, 0.6) is 0 Å². The Morgan fingerprint density at radius 3 is 2.25 bits per heavy atom. The van der Waals surface area contributed by atoms with Crippen molar-refractivity contribution in [3.05, 3.63) is 35.9 Å². The minimum absolute atomic E-state index is 0.0487. The van der Waals surface area contributed by atoms with E-state index >= 15 is 0 Å². The van der Waals surface area contributed by atoms with Crippen LogP contribution in [-0.4, -0.2) is 17.0 Å². The van der Waals surface area contributed by atoms with Gasteiger partial charge in [-0.3, -0.25) is 0 Å². The predicted octanol–water partition coefficient (Wildman–Crippen LogP) is 3.41. The maximum absolute atomic E-state index is 5.95. The highest BCUT2D eigenvalue weighted by Gasteiger charge is 2.36. The molecule has 16 heavy (non-hydrogen) atoms. The predicted molar refractivity (Wildman–Crippen MR) is 66.8 cm³/mol. The zero-order valence-electron chi connectivity index (χ0n) is 10.4. The zero-order chi connectivity index (χ0) is 11.8. The first-order valence-corrected chi connectivity index (χ1v) is 5.72. The van der Waals surface area contributed by atoms with E-state index < -0.39 is 0 Å². The number of hydrogen-bond acceptors (Lipinski definition) is 2. The van der Waals surface area contributed by atoms with Crippen molar-refractivity contribution in [2.24, 2.45) is 4.99 Å². The molecule has 0 radical (unpaired) electrons. The van der Waals surface area contributed by atoms with Crippen LogP contribution in [0, 0.1) is 0 Å². The van der Waals surface area contributed by atoms with E-state index in [9.17, 15) is 0 Å². The third-order valence-electron chi connectivity index (χ3n) is 2.66. The lowest BCUT2D eigenvalue weighted by Crippen LogP contribution is -2.42. The summed E-state index contributed by atoms with van der Waals surface area (Å²) in [5.74, 6) is 0.766. The molecular formula is C14H19NO. The van der Waals surface area contributed by atoms with Gasteiger partial charge in [-0.05, 0) is 39.8 Å². The van der Waals surface area contributed by atoms with Crippen LogP contribution in [0.2, 0.25) is 0 Å². The summed E-state index contributed by atoms with van der Waals surface area (Å²) in [7, 11) is 0. The molecule has 1 heterocycles. The second kappa shape index (κ2) is 3.62. The summed E-state index contributed by atoms with van der Waals surface area (Å²) >= 11 is 0. The standard InChI is InChI=1S/C14H19NO/c1-13(2)10-14(3,4)16-12(15-13)11-8-6-5-7-9-11/h5-9H,10H2,1-4H3. The van der Waals surface area contributed by atoms with Crippen molar-refractivity contribution in [3.8, 4) is 0 Å². The molecule has 0 spiro atoms. The first kappa shape index (κ1) is 11.2. The first-order chi connectivity index (χ1) is 7.38. The van der Waals surface area contributed by atoms with Crippen molar-refractivity contribution in [2.45, 2.75) is 45.3 Å². The highest BCUT2D eigenvalue weighted by molar-refractivity contribution is 5.95. The van der Waals surface area contributed by atoms with Crippen molar-refractivity contribution in [1.82, 2.24) is 0 Å². The quantitative estimate of drug-likeness (QED) is 0.706. The van der Waals surface area contributed by atoms with E-state index in [4.69, 9.17) is 4.74 Å². The van der Waals surface area contributed by atoms with Gasteiger partial charge >= 0.3 is 0 Å². The zero-order valence-corrected chi connectivity index (χ0v) is 10.4. The number of hydrogen-bond donors (Lipinski definition) is 0. The Hall–Kier alpha value is -1.31. The monoisotopic (exact) mass is 217 g/mol. The van der Waals surface area contributed by atoms with Gasteiger partial charge in [-0.25, -0.2) is 4.99 Å². The molecule has 2 nitrogen and oxygen atoms in total. The second-order valence-corrected chi connectivity index (χ2v) is 5.63. The van der Waals surface area contributed by atoms with Crippen LogP contribution in [0.3, 0.4) is 0 Å².